The third-order valence-electron chi connectivity index (χ3n) is 5.15. The first kappa shape index (κ1) is 15.7. The fourth-order valence-electron chi connectivity index (χ4n) is 4.07. The van der Waals surface area contributed by atoms with Gasteiger partial charge in [0, 0.05) is 15.5 Å². The average Bonchev–Trinajstić information content (AvgIpc) is 2.62. The molecule has 3 aromatic carbocycles. The molecule has 24 heavy (non-hydrogen) atoms. The number of fused-ring (bicyclic) bond motifs is 1. The number of benzene rings is 3. The standard InChI is InChI=1S/C22H18Cl2/c23-19-11-7-17(8-12-19)22(18-9-13-20(24)14-10-18)15-3-5-16-4-1-2-6-21(16)22/h1-2,4,6-14H,3,5,15H2. The van der Waals surface area contributed by atoms with Crippen LogP contribution in [0.25, 0.3) is 0 Å². The van der Waals surface area contributed by atoms with Crippen LogP contribution in [-0.2, 0) is 11.8 Å². The summed E-state index contributed by atoms with van der Waals surface area (Å²) in [5, 5.41) is 1.54. The van der Waals surface area contributed by atoms with E-state index in [2.05, 4.69) is 48.5 Å². The van der Waals surface area contributed by atoms with Crippen molar-refractivity contribution in [3.63, 3.8) is 0 Å². The summed E-state index contributed by atoms with van der Waals surface area (Å²) in [6.45, 7) is 0. The van der Waals surface area contributed by atoms with Crippen LogP contribution in [0.4, 0.5) is 0 Å². The van der Waals surface area contributed by atoms with E-state index in [-0.39, 0.29) is 5.41 Å². The molecule has 0 aliphatic heterocycles. The molecule has 0 saturated heterocycles. The minimum atomic E-state index is -0.135. The predicted octanol–water partition coefficient (Wildman–Crippen LogP) is 6.66. The normalized spacial score (nSPS) is 15.8. The van der Waals surface area contributed by atoms with E-state index in [0.29, 0.717) is 0 Å². The SMILES string of the molecule is Clc1ccc(C2(c3ccc(Cl)cc3)CCCc3ccccc32)cc1. The molecule has 3 aromatic rings. The van der Waals surface area contributed by atoms with Gasteiger partial charge in [-0.1, -0.05) is 71.7 Å². The van der Waals surface area contributed by atoms with Crippen LogP contribution >= 0.6 is 23.2 Å². The Morgan fingerprint density at radius 3 is 1.79 bits per heavy atom. The highest BCUT2D eigenvalue weighted by Gasteiger charge is 2.39. The zero-order valence-corrected chi connectivity index (χ0v) is 14.8. The molecule has 0 unspecified atom stereocenters. The van der Waals surface area contributed by atoms with Crippen molar-refractivity contribution in [1.29, 1.82) is 0 Å². The van der Waals surface area contributed by atoms with Gasteiger partial charge in [0.15, 0.2) is 0 Å². The Balaban J connectivity index is 2.01. The van der Waals surface area contributed by atoms with Gasteiger partial charge in [-0.2, -0.15) is 0 Å². The largest absolute Gasteiger partial charge is 0.0843 e. The summed E-state index contributed by atoms with van der Waals surface area (Å²) >= 11 is 12.3. The predicted molar refractivity (Wildman–Crippen MR) is 102 cm³/mol. The Hall–Kier alpha value is -1.76. The molecule has 0 heterocycles. The molecule has 0 N–H and O–H groups in total. The van der Waals surface area contributed by atoms with E-state index in [1.54, 1.807) is 0 Å². The minimum absolute atomic E-state index is 0.135. The molecule has 4 rings (SSSR count). The lowest BCUT2D eigenvalue weighted by Gasteiger charge is -2.40. The van der Waals surface area contributed by atoms with E-state index >= 15 is 0 Å². The lowest BCUT2D eigenvalue weighted by atomic mass is 9.62. The maximum Gasteiger partial charge on any atom is 0.0454 e. The average molecular weight is 353 g/mol. The fourth-order valence-corrected chi connectivity index (χ4v) is 4.32. The van der Waals surface area contributed by atoms with Gasteiger partial charge in [0.1, 0.15) is 0 Å². The molecule has 0 saturated carbocycles. The van der Waals surface area contributed by atoms with Crippen molar-refractivity contribution in [1.82, 2.24) is 0 Å². The summed E-state index contributed by atoms with van der Waals surface area (Å²) in [5.41, 5.74) is 5.29. The molecule has 0 spiro atoms. The van der Waals surface area contributed by atoms with Crippen LogP contribution in [0, 0.1) is 0 Å². The molecule has 1 aliphatic rings. The lowest BCUT2D eigenvalue weighted by Crippen LogP contribution is -2.33. The first-order valence-corrected chi connectivity index (χ1v) is 9.06. The number of rotatable bonds is 2. The summed E-state index contributed by atoms with van der Waals surface area (Å²) in [7, 11) is 0. The van der Waals surface area contributed by atoms with Gasteiger partial charge in [-0.05, 0) is 65.8 Å². The quantitative estimate of drug-likeness (QED) is 0.483. The number of halogens is 2. The van der Waals surface area contributed by atoms with Crippen LogP contribution in [0.1, 0.15) is 35.1 Å². The van der Waals surface area contributed by atoms with Gasteiger partial charge in [-0.25, -0.2) is 0 Å². The summed E-state index contributed by atoms with van der Waals surface area (Å²) in [4.78, 5) is 0. The van der Waals surface area contributed by atoms with Gasteiger partial charge in [-0.15, -0.1) is 0 Å². The smallest absolute Gasteiger partial charge is 0.0454 e. The molecule has 0 fully saturated rings. The highest BCUT2D eigenvalue weighted by atomic mass is 35.5. The third kappa shape index (κ3) is 2.55. The first-order valence-electron chi connectivity index (χ1n) is 8.31. The van der Waals surface area contributed by atoms with E-state index in [9.17, 15) is 0 Å². The monoisotopic (exact) mass is 352 g/mol. The van der Waals surface area contributed by atoms with Gasteiger partial charge in [0.05, 0.1) is 0 Å². The molecular formula is C22H18Cl2. The van der Waals surface area contributed by atoms with Crippen molar-refractivity contribution >= 4 is 23.2 Å². The van der Waals surface area contributed by atoms with E-state index in [1.165, 1.54) is 28.7 Å². The van der Waals surface area contributed by atoms with Crippen molar-refractivity contribution in [2.24, 2.45) is 0 Å². The van der Waals surface area contributed by atoms with Crippen molar-refractivity contribution in [2.45, 2.75) is 24.7 Å². The van der Waals surface area contributed by atoms with Gasteiger partial charge in [0.2, 0.25) is 0 Å². The Kier molecular flexibility index (Phi) is 4.12. The zero-order valence-electron chi connectivity index (χ0n) is 13.3. The molecule has 2 heteroatoms. The molecule has 0 bridgehead atoms. The molecule has 120 valence electrons. The summed E-state index contributed by atoms with van der Waals surface area (Å²) < 4.78 is 0. The van der Waals surface area contributed by atoms with Crippen molar-refractivity contribution < 1.29 is 0 Å². The Morgan fingerprint density at radius 1 is 0.667 bits per heavy atom. The van der Waals surface area contributed by atoms with Crippen molar-refractivity contribution in [3.8, 4) is 0 Å². The van der Waals surface area contributed by atoms with Gasteiger partial charge in [0.25, 0.3) is 0 Å². The minimum Gasteiger partial charge on any atom is -0.0843 e. The molecule has 0 radical (unpaired) electrons. The highest BCUT2D eigenvalue weighted by molar-refractivity contribution is 6.30. The second-order valence-corrected chi connectivity index (χ2v) is 7.30. The van der Waals surface area contributed by atoms with Crippen molar-refractivity contribution in [2.75, 3.05) is 0 Å². The molecule has 0 aromatic heterocycles. The fraction of sp³-hybridized carbons (Fsp3) is 0.182. The first-order chi connectivity index (χ1) is 11.7. The maximum atomic E-state index is 6.15. The van der Waals surface area contributed by atoms with Crippen LogP contribution < -0.4 is 0 Å². The Labute approximate surface area is 153 Å². The van der Waals surface area contributed by atoms with Crippen molar-refractivity contribution in [3.05, 3.63) is 105 Å². The topological polar surface area (TPSA) is 0 Å². The van der Waals surface area contributed by atoms with Crippen LogP contribution in [0.2, 0.25) is 10.0 Å². The van der Waals surface area contributed by atoms with E-state index in [0.717, 1.165) is 22.9 Å². The van der Waals surface area contributed by atoms with E-state index < -0.39 is 0 Å². The number of hydrogen-bond acceptors (Lipinski definition) is 0. The van der Waals surface area contributed by atoms with Crippen LogP contribution in [-0.4, -0.2) is 0 Å². The molecule has 0 atom stereocenters. The summed E-state index contributed by atoms with van der Waals surface area (Å²) in [6.07, 6.45) is 3.40. The third-order valence-corrected chi connectivity index (χ3v) is 5.65. The van der Waals surface area contributed by atoms with Gasteiger partial charge in [-0.3, -0.25) is 0 Å². The van der Waals surface area contributed by atoms with Gasteiger partial charge < -0.3 is 0 Å². The second-order valence-electron chi connectivity index (χ2n) is 6.43. The Morgan fingerprint density at radius 2 is 1.21 bits per heavy atom. The second kappa shape index (κ2) is 6.27. The summed E-state index contributed by atoms with van der Waals surface area (Å²) in [6, 6.07) is 25.4. The van der Waals surface area contributed by atoms with E-state index in [1.807, 2.05) is 24.3 Å². The Bertz CT molecular complexity index is 802. The van der Waals surface area contributed by atoms with Crippen LogP contribution in [0.15, 0.2) is 72.8 Å². The lowest BCUT2D eigenvalue weighted by molar-refractivity contribution is 0.497. The molecule has 1 aliphatic carbocycles. The van der Waals surface area contributed by atoms with Gasteiger partial charge >= 0.3 is 0 Å². The zero-order chi connectivity index (χ0) is 16.6. The highest BCUT2D eigenvalue weighted by Crippen LogP contribution is 2.47. The summed E-state index contributed by atoms with van der Waals surface area (Å²) in [5.74, 6) is 0. The molecule has 0 nitrogen and oxygen atoms in total. The van der Waals surface area contributed by atoms with Crippen LogP contribution in [0.5, 0.6) is 0 Å². The number of aryl methyl sites for hydroxylation is 1. The van der Waals surface area contributed by atoms with Crippen LogP contribution in [0.3, 0.4) is 0 Å². The molecule has 0 amide bonds. The maximum absolute atomic E-state index is 6.15. The number of hydrogen-bond donors (Lipinski definition) is 0. The molecular weight excluding hydrogens is 335 g/mol. The van der Waals surface area contributed by atoms with E-state index in [4.69, 9.17) is 23.2 Å².